The van der Waals surface area contributed by atoms with Gasteiger partial charge in [-0.1, -0.05) is 39.0 Å². The summed E-state index contributed by atoms with van der Waals surface area (Å²) < 4.78 is 1.78. The number of carboxylic acid groups (broad SMARTS) is 1. The highest BCUT2D eigenvalue weighted by atomic mass is 16.4. The number of imidazole rings is 1. The van der Waals surface area contributed by atoms with E-state index in [1.807, 2.05) is 44.2 Å². The Balaban J connectivity index is 1.85. The van der Waals surface area contributed by atoms with Crippen LogP contribution in [0.3, 0.4) is 0 Å². The summed E-state index contributed by atoms with van der Waals surface area (Å²) in [6.07, 6.45) is 3.75. The summed E-state index contributed by atoms with van der Waals surface area (Å²) in [4.78, 5) is 95.5. The van der Waals surface area contributed by atoms with Crippen LogP contribution in [0.2, 0.25) is 0 Å². The Morgan fingerprint density at radius 2 is 1.57 bits per heavy atom. The van der Waals surface area contributed by atoms with Crippen LogP contribution in [0.25, 0.3) is 0 Å². The Morgan fingerprint density at radius 3 is 2.19 bits per heavy atom. The Hall–Kier alpha value is -5.52. The van der Waals surface area contributed by atoms with Crippen LogP contribution < -0.4 is 32.3 Å². The summed E-state index contributed by atoms with van der Waals surface area (Å²) in [6, 6.07) is 3.26. The van der Waals surface area contributed by atoms with Gasteiger partial charge in [0.05, 0.1) is 19.4 Å². The zero-order valence-electron chi connectivity index (χ0n) is 31.1. The molecular formula is C36H53N9O9. The summed E-state index contributed by atoms with van der Waals surface area (Å²) in [6.45, 7) is 6.92. The van der Waals surface area contributed by atoms with E-state index in [0.29, 0.717) is 38.2 Å². The number of primary amides is 1. The van der Waals surface area contributed by atoms with Gasteiger partial charge in [0.2, 0.25) is 35.4 Å². The molecule has 2 aromatic rings. The number of hydrogen-bond donors (Lipinski definition) is 8. The largest absolute Gasteiger partial charge is 0.481 e. The van der Waals surface area contributed by atoms with E-state index in [2.05, 4.69) is 31.6 Å². The van der Waals surface area contributed by atoms with Crippen LogP contribution in [-0.4, -0.2) is 116 Å². The molecule has 9 N–H and O–H groups in total. The second-order valence-electron chi connectivity index (χ2n) is 13.9. The van der Waals surface area contributed by atoms with Crippen molar-refractivity contribution in [2.75, 3.05) is 25.0 Å². The maximum Gasteiger partial charge on any atom is 0.303 e. The number of anilines is 1. The van der Waals surface area contributed by atoms with E-state index in [9.17, 15) is 38.7 Å². The lowest BCUT2D eigenvalue weighted by Crippen LogP contribution is -2.60. The smallest absolute Gasteiger partial charge is 0.303 e. The Morgan fingerprint density at radius 1 is 0.926 bits per heavy atom. The predicted molar refractivity (Wildman–Crippen MR) is 196 cm³/mol. The van der Waals surface area contributed by atoms with E-state index in [1.165, 1.54) is 24.9 Å². The molecule has 0 saturated carbocycles. The molecule has 0 spiro atoms. The minimum Gasteiger partial charge on any atom is -0.481 e. The first-order chi connectivity index (χ1) is 25.6. The molecule has 1 aliphatic rings. The third-order valence-corrected chi connectivity index (χ3v) is 9.09. The third kappa shape index (κ3) is 12.9. The molecule has 6 amide bonds. The fourth-order valence-electron chi connectivity index (χ4n) is 6.28. The number of para-hydroxylation sites is 1. The lowest BCUT2D eigenvalue weighted by atomic mass is 9.97. The van der Waals surface area contributed by atoms with Gasteiger partial charge in [0, 0.05) is 50.6 Å². The number of carboxylic acids is 1. The molecule has 54 heavy (non-hydrogen) atoms. The molecule has 18 nitrogen and oxygen atoms in total. The van der Waals surface area contributed by atoms with Crippen molar-refractivity contribution < 1.29 is 43.8 Å². The SMILES string of the molecule is CC(=O)N1CCCC1C(=O)NC(CC(C)C)C(=O)NC(Cc1cncn1CCNc1ccccc1)C(=O)NC(CO)C(=O)NC(C(N)=O)C(C)CC(=O)O. The predicted octanol–water partition coefficient (Wildman–Crippen LogP) is -0.878. The van der Waals surface area contributed by atoms with Crippen LogP contribution in [0.5, 0.6) is 0 Å². The molecule has 3 rings (SSSR count). The average molecular weight is 756 g/mol. The number of benzene rings is 1. The maximum absolute atomic E-state index is 13.9. The van der Waals surface area contributed by atoms with Gasteiger partial charge >= 0.3 is 5.97 Å². The average Bonchev–Trinajstić information content (AvgIpc) is 3.79. The molecule has 0 bridgehead atoms. The van der Waals surface area contributed by atoms with E-state index < -0.39 is 84.7 Å². The summed E-state index contributed by atoms with van der Waals surface area (Å²) in [5.41, 5.74) is 6.86. The van der Waals surface area contributed by atoms with Gasteiger partial charge in [0.25, 0.3) is 0 Å². The summed E-state index contributed by atoms with van der Waals surface area (Å²) >= 11 is 0. The van der Waals surface area contributed by atoms with E-state index in [4.69, 9.17) is 10.8 Å². The van der Waals surface area contributed by atoms with E-state index in [0.717, 1.165) is 5.69 Å². The lowest BCUT2D eigenvalue weighted by molar-refractivity contribution is -0.139. The summed E-state index contributed by atoms with van der Waals surface area (Å²) in [5, 5.41) is 32.8. The van der Waals surface area contributed by atoms with Crippen molar-refractivity contribution in [1.29, 1.82) is 0 Å². The van der Waals surface area contributed by atoms with E-state index in [1.54, 1.807) is 10.9 Å². The molecule has 18 heteroatoms. The van der Waals surface area contributed by atoms with Gasteiger partial charge in [-0.2, -0.15) is 0 Å². The normalized spacial score (nSPS) is 16.7. The van der Waals surface area contributed by atoms with Crippen LogP contribution >= 0.6 is 0 Å². The molecule has 1 saturated heterocycles. The zero-order chi connectivity index (χ0) is 39.9. The number of rotatable bonds is 21. The summed E-state index contributed by atoms with van der Waals surface area (Å²) in [7, 11) is 0. The number of aliphatic hydroxyl groups is 1. The van der Waals surface area contributed by atoms with Crippen LogP contribution in [-0.2, 0) is 46.5 Å². The topological polar surface area (TPSA) is 267 Å². The third-order valence-electron chi connectivity index (χ3n) is 9.09. The Bertz CT molecular complexity index is 1620. The van der Waals surface area contributed by atoms with Crippen molar-refractivity contribution in [2.24, 2.45) is 17.6 Å². The molecular weight excluding hydrogens is 702 g/mol. The van der Waals surface area contributed by atoms with Crippen LogP contribution in [0.4, 0.5) is 5.69 Å². The highest BCUT2D eigenvalue weighted by Gasteiger charge is 2.36. The van der Waals surface area contributed by atoms with Gasteiger partial charge in [-0.25, -0.2) is 4.98 Å². The molecule has 0 aliphatic carbocycles. The fraction of sp³-hybridized carbons (Fsp3) is 0.556. The zero-order valence-corrected chi connectivity index (χ0v) is 31.1. The number of carbonyl (C=O) groups is 7. The van der Waals surface area contributed by atoms with Gasteiger partial charge in [-0.15, -0.1) is 0 Å². The van der Waals surface area contributed by atoms with Gasteiger partial charge in [-0.3, -0.25) is 33.6 Å². The molecule has 2 heterocycles. The first-order valence-electron chi connectivity index (χ1n) is 18.0. The number of hydrogen-bond acceptors (Lipinski definition) is 10. The number of nitrogens with one attached hydrogen (secondary N) is 5. The molecule has 296 valence electrons. The number of aromatic nitrogens is 2. The van der Waals surface area contributed by atoms with Gasteiger partial charge in [0.1, 0.15) is 30.2 Å². The highest BCUT2D eigenvalue weighted by Crippen LogP contribution is 2.18. The number of nitrogens with two attached hydrogens (primary N) is 1. The maximum atomic E-state index is 13.9. The molecule has 1 aromatic carbocycles. The Labute approximate surface area is 314 Å². The number of nitrogens with zero attached hydrogens (tertiary/aromatic N) is 3. The van der Waals surface area contributed by atoms with E-state index >= 15 is 0 Å². The minimum absolute atomic E-state index is 0.0662. The number of carbonyl (C=O) groups excluding carboxylic acids is 6. The molecule has 1 aromatic heterocycles. The van der Waals surface area contributed by atoms with Gasteiger partial charge in [0.15, 0.2) is 0 Å². The van der Waals surface area contributed by atoms with Crippen LogP contribution in [0, 0.1) is 11.8 Å². The van der Waals surface area contributed by atoms with Crippen molar-refractivity contribution in [3.05, 3.63) is 48.5 Å². The fourth-order valence-corrected chi connectivity index (χ4v) is 6.28. The summed E-state index contributed by atoms with van der Waals surface area (Å²) in [5.74, 6) is -6.55. The number of amides is 6. The number of likely N-dealkylation sites (tertiary alicyclic amines) is 1. The molecule has 6 unspecified atom stereocenters. The number of aliphatic carboxylic acids is 1. The lowest BCUT2D eigenvalue weighted by Gasteiger charge is -2.28. The number of aliphatic hydroxyl groups excluding tert-OH is 1. The Kier molecular flexibility index (Phi) is 16.4. The van der Waals surface area contributed by atoms with Crippen molar-refractivity contribution >= 4 is 47.1 Å². The van der Waals surface area contributed by atoms with Crippen molar-refractivity contribution in [2.45, 2.75) is 96.6 Å². The second kappa shape index (κ2) is 20.6. The highest BCUT2D eigenvalue weighted by molar-refractivity contribution is 5.96. The molecule has 1 aliphatic heterocycles. The van der Waals surface area contributed by atoms with Gasteiger partial charge < -0.3 is 52.0 Å². The quantitative estimate of drug-likeness (QED) is 0.0776. The minimum atomic E-state index is -1.62. The van der Waals surface area contributed by atoms with Crippen molar-refractivity contribution in [3.63, 3.8) is 0 Å². The molecule has 0 radical (unpaired) electrons. The van der Waals surface area contributed by atoms with Crippen molar-refractivity contribution in [3.8, 4) is 0 Å². The molecule has 6 atom stereocenters. The van der Waals surface area contributed by atoms with Crippen LogP contribution in [0.15, 0.2) is 42.9 Å². The monoisotopic (exact) mass is 755 g/mol. The van der Waals surface area contributed by atoms with E-state index in [-0.39, 0.29) is 24.7 Å². The van der Waals surface area contributed by atoms with Crippen molar-refractivity contribution in [1.82, 2.24) is 35.7 Å². The second-order valence-corrected chi connectivity index (χ2v) is 13.9. The van der Waals surface area contributed by atoms with Gasteiger partial charge in [-0.05, 0) is 43.2 Å². The first kappa shape index (κ1) is 42.9. The standard InChI is InChI=1S/C36H53N9O9/c1-21(2)15-26(41-36(54)29-11-8-13-45(29)23(4)47)33(51)40-27(17-25-18-38-20-44(25)14-12-39-24-9-6-5-7-10-24)34(52)42-28(19-46)35(53)43-31(32(37)50)22(3)16-30(48)49/h5-7,9-10,18,20-22,26-29,31,39,46H,8,11-17,19H2,1-4H3,(H2,37,50)(H,40,51)(H,41,54)(H,42,52)(H,43,53)(H,48,49). The molecule has 1 fully saturated rings. The van der Waals surface area contributed by atoms with Crippen LogP contribution in [0.1, 0.15) is 59.1 Å². The first-order valence-corrected chi connectivity index (χ1v) is 18.0.